The van der Waals surface area contributed by atoms with Gasteiger partial charge in [0.2, 0.25) is 0 Å². The Bertz CT molecular complexity index is 842. The number of carbonyl (C=O) groups is 2. The molecule has 0 N–H and O–H groups in total. The van der Waals surface area contributed by atoms with Crippen molar-refractivity contribution >= 4 is 23.2 Å². The molecule has 0 radical (unpaired) electrons. The maximum Gasteiger partial charge on any atom is 0.339 e. The lowest BCUT2D eigenvalue weighted by molar-refractivity contribution is -0.135. The van der Waals surface area contributed by atoms with Gasteiger partial charge in [0.1, 0.15) is 0 Å². The van der Waals surface area contributed by atoms with Crippen LogP contribution in [0.25, 0.3) is 0 Å². The number of thiophene rings is 1. The van der Waals surface area contributed by atoms with Crippen molar-refractivity contribution in [2.24, 2.45) is 5.92 Å². The fraction of sp³-hybridized carbons (Fsp3) is 0.429. The lowest BCUT2D eigenvalue weighted by atomic mass is 9.88. The number of nitrogens with zero attached hydrogens (tertiary/aromatic N) is 1. The SMILES string of the molecule is CC1CCc2c(C(=O)OCC(=O)N3CCc4ccccc4C3)csc2C1. The quantitative estimate of drug-likeness (QED) is 0.777. The summed E-state index contributed by atoms with van der Waals surface area (Å²) in [6, 6.07) is 8.19. The zero-order chi connectivity index (χ0) is 18.1. The van der Waals surface area contributed by atoms with E-state index in [1.807, 2.05) is 17.5 Å². The Morgan fingerprint density at radius 3 is 2.88 bits per heavy atom. The summed E-state index contributed by atoms with van der Waals surface area (Å²) in [4.78, 5) is 28.0. The number of benzene rings is 1. The maximum atomic E-state index is 12.5. The summed E-state index contributed by atoms with van der Waals surface area (Å²) in [5.74, 6) is 0.196. The van der Waals surface area contributed by atoms with E-state index in [1.165, 1.54) is 16.0 Å². The molecule has 1 aromatic carbocycles. The first-order valence-corrected chi connectivity index (χ1v) is 10.1. The molecule has 0 saturated heterocycles. The summed E-state index contributed by atoms with van der Waals surface area (Å²) in [5, 5.41) is 1.90. The van der Waals surface area contributed by atoms with Gasteiger partial charge in [0.15, 0.2) is 6.61 Å². The lowest BCUT2D eigenvalue weighted by Crippen LogP contribution is -2.38. The smallest absolute Gasteiger partial charge is 0.339 e. The molecule has 2 aliphatic rings. The van der Waals surface area contributed by atoms with E-state index in [-0.39, 0.29) is 18.5 Å². The average molecular weight is 369 g/mol. The zero-order valence-electron chi connectivity index (χ0n) is 15.0. The van der Waals surface area contributed by atoms with Crippen molar-refractivity contribution in [2.45, 2.75) is 39.2 Å². The lowest BCUT2D eigenvalue weighted by Gasteiger charge is -2.28. The van der Waals surface area contributed by atoms with Gasteiger partial charge in [-0.15, -0.1) is 11.3 Å². The van der Waals surface area contributed by atoms with Gasteiger partial charge in [-0.1, -0.05) is 31.2 Å². The highest BCUT2D eigenvalue weighted by atomic mass is 32.1. The molecule has 0 bridgehead atoms. The van der Waals surface area contributed by atoms with Crippen LogP contribution in [0, 0.1) is 5.92 Å². The van der Waals surface area contributed by atoms with Crippen LogP contribution >= 0.6 is 11.3 Å². The fourth-order valence-electron chi connectivity index (χ4n) is 3.85. The van der Waals surface area contributed by atoms with Crippen molar-refractivity contribution in [3.63, 3.8) is 0 Å². The molecule has 4 rings (SSSR count). The normalized spacial score (nSPS) is 18.8. The Morgan fingerprint density at radius 2 is 2.04 bits per heavy atom. The number of fused-ring (bicyclic) bond motifs is 2. The molecule has 136 valence electrons. The molecule has 26 heavy (non-hydrogen) atoms. The second-order valence-corrected chi connectivity index (χ2v) is 8.27. The third-order valence-electron chi connectivity index (χ3n) is 5.43. The molecule has 5 heteroatoms. The first kappa shape index (κ1) is 17.3. The average Bonchev–Trinajstić information content (AvgIpc) is 3.08. The van der Waals surface area contributed by atoms with E-state index in [1.54, 1.807) is 16.2 Å². The van der Waals surface area contributed by atoms with Gasteiger partial charge in [-0.05, 0) is 48.3 Å². The third kappa shape index (κ3) is 3.40. The molecule has 2 aromatic rings. The number of carbonyl (C=O) groups excluding carboxylic acids is 2. The highest BCUT2D eigenvalue weighted by Crippen LogP contribution is 2.33. The summed E-state index contributed by atoms with van der Waals surface area (Å²) in [6.07, 6.45) is 3.93. The van der Waals surface area contributed by atoms with E-state index in [0.717, 1.165) is 31.2 Å². The Balaban J connectivity index is 1.36. The van der Waals surface area contributed by atoms with Crippen LogP contribution in [0.5, 0.6) is 0 Å². The number of hydrogen-bond donors (Lipinski definition) is 0. The second-order valence-electron chi connectivity index (χ2n) is 7.31. The van der Waals surface area contributed by atoms with Crippen LogP contribution in [0.3, 0.4) is 0 Å². The van der Waals surface area contributed by atoms with Gasteiger partial charge in [-0.2, -0.15) is 0 Å². The van der Waals surface area contributed by atoms with Crippen LogP contribution in [-0.4, -0.2) is 29.9 Å². The molecule has 1 unspecified atom stereocenters. The minimum absolute atomic E-state index is 0.120. The van der Waals surface area contributed by atoms with Gasteiger partial charge < -0.3 is 9.64 Å². The van der Waals surface area contributed by atoms with Gasteiger partial charge in [0.25, 0.3) is 5.91 Å². The molecular formula is C21H23NO3S. The van der Waals surface area contributed by atoms with Crippen molar-refractivity contribution in [3.05, 3.63) is 56.8 Å². The van der Waals surface area contributed by atoms with Crippen molar-refractivity contribution in [1.82, 2.24) is 4.90 Å². The van der Waals surface area contributed by atoms with Gasteiger partial charge in [-0.25, -0.2) is 4.79 Å². The van der Waals surface area contributed by atoms with Crippen molar-refractivity contribution in [1.29, 1.82) is 0 Å². The molecule has 1 aliphatic carbocycles. The molecule has 0 fully saturated rings. The molecule has 2 heterocycles. The van der Waals surface area contributed by atoms with Crippen molar-refractivity contribution < 1.29 is 14.3 Å². The van der Waals surface area contributed by atoms with E-state index < -0.39 is 0 Å². The highest BCUT2D eigenvalue weighted by molar-refractivity contribution is 7.10. The summed E-state index contributed by atoms with van der Waals surface area (Å²) >= 11 is 1.64. The van der Waals surface area contributed by atoms with Crippen molar-refractivity contribution in [3.8, 4) is 0 Å². The van der Waals surface area contributed by atoms with E-state index in [4.69, 9.17) is 4.74 Å². The number of esters is 1. The van der Waals surface area contributed by atoms with Crippen LogP contribution in [0.2, 0.25) is 0 Å². The monoisotopic (exact) mass is 369 g/mol. The number of amides is 1. The summed E-state index contributed by atoms with van der Waals surface area (Å²) in [6.45, 7) is 3.34. The Kier molecular flexibility index (Phi) is 4.81. The maximum absolute atomic E-state index is 12.5. The summed E-state index contributed by atoms with van der Waals surface area (Å²) in [5.41, 5.74) is 4.28. The minimum atomic E-state index is -0.359. The van der Waals surface area contributed by atoms with Crippen LogP contribution in [0.15, 0.2) is 29.6 Å². The first-order chi connectivity index (χ1) is 12.6. The van der Waals surface area contributed by atoms with E-state index in [9.17, 15) is 9.59 Å². The first-order valence-electron chi connectivity index (χ1n) is 9.22. The second kappa shape index (κ2) is 7.23. The third-order valence-corrected chi connectivity index (χ3v) is 6.48. The Hall–Kier alpha value is -2.14. The number of ether oxygens (including phenoxy) is 1. The van der Waals surface area contributed by atoms with Crippen LogP contribution in [0.1, 0.15) is 45.3 Å². The molecule has 0 saturated carbocycles. The zero-order valence-corrected chi connectivity index (χ0v) is 15.8. The van der Waals surface area contributed by atoms with E-state index in [2.05, 4.69) is 19.1 Å². The van der Waals surface area contributed by atoms with Gasteiger partial charge in [0, 0.05) is 23.3 Å². The number of hydrogen-bond acceptors (Lipinski definition) is 4. The van der Waals surface area contributed by atoms with E-state index in [0.29, 0.717) is 24.6 Å². The van der Waals surface area contributed by atoms with Gasteiger partial charge >= 0.3 is 5.97 Å². The summed E-state index contributed by atoms with van der Waals surface area (Å²) in [7, 11) is 0. The van der Waals surface area contributed by atoms with Gasteiger partial charge in [0.05, 0.1) is 5.56 Å². The van der Waals surface area contributed by atoms with Crippen LogP contribution in [-0.2, 0) is 35.3 Å². The fourth-order valence-corrected chi connectivity index (χ4v) is 5.09. The molecular weight excluding hydrogens is 346 g/mol. The van der Waals surface area contributed by atoms with Crippen LogP contribution in [0.4, 0.5) is 0 Å². The standard InChI is InChI=1S/C21H23NO3S/c1-14-6-7-17-18(13-26-19(17)10-14)21(24)25-12-20(23)22-9-8-15-4-2-3-5-16(15)11-22/h2-5,13-14H,6-12H2,1H3. The Labute approximate surface area is 157 Å². The van der Waals surface area contributed by atoms with Gasteiger partial charge in [-0.3, -0.25) is 4.79 Å². The van der Waals surface area contributed by atoms with Crippen molar-refractivity contribution in [2.75, 3.05) is 13.2 Å². The molecule has 0 spiro atoms. The minimum Gasteiger partial charge on any atom is -0.452 e. The molecule has 1 aromatic heterocycles. The topological polar surface area (TPSA) is 46.6 Å². The number of rotatable bonds is 3. The molecule has 4 nitrogen and oxygen atoms in total. The predicted octanol–water partition coefficient (Wildman–Crippen LogP) is 3.61. The molecule has 1 amide bonds. The Morgan fingerprint density at radius 1 is 1.23 bits per heavy atom. The molecule has 1 aliphatic heterocycles. The predicted molar refractivity (Wildman–Crippen MR) is 101 cm³/mol. The summed E-state index contributed by atoms with van der Waals surface area (Å²) < 4.78 is 5.36. The highest BCUT2D eigenvalue weighted by Gasteiger charge is 2.26. The molecule has 1 atom stereocenters. The van der Waals surface area contributed by atoms with Crippen LogP contribution < -0.4 is 0 Å². The largest absolute Gasteiger partial charge is 0.452 e. The van der Waals surface area contributed by atoms with E-state index >= 15 is 0 Å².